The minimum Gasteiger partial charge on any atom is -0.340 e. The van der Waals surface area contributed by atoms with Crippen molar-refractivity contribution in [2.24, 2.45) is 0 Å². The van der Waals surface area contributed by atoms with Crippen molar-refractivity contribution in [3.05, 3.63) is 23.3 Å². The Bertz CT molecular complexity index is 511. The van der Waals surface area contributed by atoms with Gasteiger partial charge in [-0.25, -0.2) is 8.78 Å². The highest BCUT2D eigenvalue weighted by atomic mass is 19.1. The van der Waals surface area contributed by atoms with E-state index < -0.39 is 41.0 Å². The molecule has 0 aromatic rings. The van der Waals surface area contributed by atoms with Crippen molar-refractivity contribution in [1.29, 1.82) is 0 Å². The summed E-state index contributed by atoms with van der Waals surface area (Å²) in [6.45, 7) is 0. The molecular formula is C12H12F2N2O3. The van der Waals surface area contributed by atoms with E-state index in [9.17, 15) is 23.2 Å². The zero-order valence-corrected chi connectivity index (χ0v) is 9.96. The van der Waals surface area contributed by atoms with Crippen LogP contribution in [0.2, 0.25) is 0 Å². The van der Waals surface area contributed by atoms with Crippen LogP contribution in [0.15, 0.2) is 23.3 Å². The van der Waals surface area contributed by atoms with E-state index in [0.29, 0.717) is 0 Å². The van der Waals surface area contributed by atoms with Crippen LogP contribution in [0.1, 0.15) is 25.7 Å². The maximum absolute atomic E-state index is 13.4. The molecule has 1 atom stereocenters. The fraction of sp³-hybridized carbons (Fsp3) is 0.417. The first-order valence-electron chi connectivity index (χ1n) is 5.86. The van der Waals surface area contributed by atoms with Crippen molar-refractivity contribution in [2.75, 3.05) is 0 Å². The van der Waals surface area contributed by atoms with E-state index in [1.54, 1.807) is 0 Å². The molecule has 5 nitrogen and oxygen atoms in total. The van der Waals surface area contributed by atoms with Crippen LogP contribution in [0.25, 0.3) is 0 Å². The maximum atomic E-state index is 13.4. The Kier molecular flexibility index (Phi) is 3.73. The van der Waals surface area contributed by atoms with Crippen molar-refractivity contribution < 1.29 is 23.2 Å². The highest BCUT2D eigenvalue weighted by Gasteiger charge is 2.29. The molecule has 0 radical (unpaired) electrons. The van der Waals surface area contributed by atoms with E-state index in [1.165, 1.54) is 0 Å². The van der Waals surface area contributed by atoms with Gasteiger partial charge in [-0.15, -0.1) is 0 Å². The summed E-state index contributed by atoms with van der Waals surface area (Å²) in [7, 11) is 0. The number of imide groups is 1. The molecule has 1 fully saturated rings. The molecule has 1 aliphatic heterocycles. The minimum atomic E-state index is -0.899. The number of hydrogen-bond donors (Lipinski definition) is 2. The molecule has 0 aromatic heterocycles. The van der Waals surface area contributed by atoms with Gasteiger partial charge >= 0.3 is 0 Å². The van der Waals surface area contributed by atoms with Crippen LogP contribution >= 0.6 is 0 Å². The van der Waals surface area contributed by atoms with Gasteiger partial charge in [-0.2, -0.15) is 0 Å². The summed E-state index contributed by atoms with van der Waals surface area (Å²) < 4.78 is 26.5. The van der Waals surface area contributed by atoms with Crippen LogP contribution in [0, 0.1) is 0 Å². The van der Waals surface area contributed by atoms with Crippen LogP contribution in [0.5, 0.6) is 0 Å². The minimum absolute atomic E-state index is 0.0684. The molecule has 102 valence electrons. The topological polar surface area (TPSA) is 75.3 Å². The van der Waals surface area contributed by atoms with E-state index in [4.69, 9.17) is 0 Å². The fourth-order valence-corrected chi connectivity index (χ4v) is 1.93. The SMILES string of the molecule is O=C1CCC(NC(=O)C2=C(F)CCC(F)=C2)C(=O)N1. The molecule has 0 saturated carbocycles. The zero-order chi connectivity index (χ0) is 14.0. The van der Waals surface area contributed by atoms with Crippen LogP contribution in [0.3, 0.4) is 0 Å². The van der Waals surface area contributed by atoms with Crippen LogP contribution < -0.4 is 10.6 Å². The maximum Gasteiger partial charge on any atom is 0.254 e. The highest BCUT2D eigenvalue weighted by Crippen LogP contribution is 2.25. The third-order valence-corrected chi connectivity index (χ3v) is 2.97. The zero-order valence-electron chi connectivity index (χ0n) is 9.96. The molecule has 7 heteroatoms. The summed E-state index contributed by atoms with van der Waals surface area (Å²) in [5.74, 6) is -3.17. The molecule has 0 aromatic carbocycles. The lowest BCUT2D eigenvalue weighted by Crippen LogP contribution is -2.52. The van der Waals surface area contributed by atoms with Gasteiger partial charge < -0.3 is 5.32 Å². The van der Waals surface area contributed by atoms with Crippen LogP contribution in [-0.4, -0.2) is 23.8 Å². The first-order chi connectivity index (χ1) is 8.97. The highest BCUT2D eigenvalue weighted by molar-refractivity contribution is 6.04. The first kappa shape index (κ1) is 13.4. The molecule has 2 aliphatic rings. The van der Waals surface area contributed by atoms with Crippen molar-refractivity contribution in [2.45, 2.75) is 31.7 Å². The Morgan fingerprint density at radius 2 is 2.00 bits per heavy atom. The summed E-state index contributed by atoms with van der Waals surface area (Å²) in [6, 6.07) is -0.899. The van der Waals surface area contributed by atoms with Crippen molar-refractivity contribution >= 4 is 17.7 Å². The number of carbonyl (C=O) groups excluding carboxylic acids is 3. The Balaban J connectivity index is 2.05. The summed E-state index contributed by atoms with van der Waals surface area (Å²) in [6.07, 6.45) is 0.849. The summed E-state index contributed by atoms with van der Waals surface area (Å²) >= 11 is 0. The molecule has 0 bridgehead atoms. The first-order valence-corrected chi connectivity index (χ1v) is 5.86. The molecule has 2 N–H and O–H groups in total. The fourth-order valence-electron chi connectivity index (χ4n) is 1.93. The number of rotatable bonds is 2. The second kappa shape index (κ2) is 5.29. The molecule has 0 spiro atoms. The summed E-state index contributed by atoms with van der Waals surface area (Å²) in [5.41, 5.74) is -0.395. The summed E-state index contributed by atoms with van der Waals surface area (Å²) in [5, 5.41) is 4.36. The van der Waals surface area contributed by atoms with Crippen molar-refractivity contribution in [3.8, 4) is 0 Å². The van der Waals surface area contributed by atoms with Crippen molar-refractivity contribution in [3.63, 3.8) is 0 Å². The lowest BCUT2D eigenvalue weighted by molar-refractivity contribution is -0.136. The Hall–Kier alpha value is -2.05. The summed E-state index contributed by atoms with van der Waals surface area (Å²) in [4.78, 5) is 34.1. The molecule has 3 amide bonds. The van der Waals surface area contributed by atoms with Gasteiger partial charge in [0.1, 0.15) is 17.7 Å². The van der Waals surface area contributed by atoms with Gasteiger partial charge in [-0.05, 0) is 12.5 Å². The van der Waals surface area contributed by atoms with Gasteiger partial charge in [0, 0.05) is 19.3 Å². The lowest BCUT2D eigenvalue weighted by Gasteiger charge is -2.22. The Labute approximate surface area is 107 Å². The molecule has 2 rings (SSSR count). The second-order valence-corrected chi connectivity index (χ2v) is 4.39. The van der Waals surface area contributed by atoms with Gasteiger partial charge in [-0.1, -0.05) is 0 Å². The quantitative estimate of drug-likeness (QED) is 0.728. The predicted molar refractivity (Wildman–Crippen MR) is 60.9 cm³/mol. The smallest absolute Gasteiger partial charge is 0.254 e. The lowest BCUT2D eigenvalue weighted by atomic mass is 10.0. The monoisotopic (exact) mass is 270 g/mol. The molecule has 1 heterocycles. The Morgan fingerprint density at radius 1 is 1.26 bits per heavy atom. The van der Waals surface area contributed by atoms with Crippen LogP contribution in [0.4, 0.5) is 8.78 Å². The number of allylic oxidation sites excluding steroid dienone is 2. The van der Waals surface area contributed by atoms with Crippen LogP contribution in [-0.2, 0) is 14.4 Å². The molecule has 1 saturated heterocycles. The van der Waals surface area contributed by atoms with Gasteiger partial charge in [0.25, 0.3) is 5.91 Å². The van der Waals surface area contributed by atoms with E-state index in [-0.39, 0.29) is 25.7 Å². The standard InChI is InChI=1S/C12H12F2N2O3/c13-6-1-2-8(14)7(5-6)11(18)15-9-3-4-10(17)16-12(9)19/h5,9H,1-4H2,(H,15,18)(H,16,17,19). The van der Waals surface area contributed by atoms with E-state index in [1.807, 2.05) is 0 Å². The number of piperidine rings is 1. The van der Waals surface area contributed by atoms with Gasteiger partial charge in [0.2, 0.25) is 11.8 Å². The predicted octanol–water partition coefficient (Wildman–Crippen LogP) is 0.779. The number of carbonyl (C=O) groups is 3. The van der Waals surface area contributed by atoms with Gasteiger partial charge in [0.05, 0.1) is 5.57 Å². The molecular weight excluding hydrogens is 258 g/mol. The number of amides is 3. The molecule has 19 heavy (non-hydrogen) atoms. The van der Waals surface area contributed by atoms with E-state index >= 15 is 0 Å². The normalized spacial score (nSPS) is 23.9. The third-order valence-electron chi connectivity index (χ3n) is 2.97. The average molecular weight is 270 g/mol. The second-order valence-electron chi connectivity index (χ2n) is 4.39. The number of hydrogen-bond acceptors (Lipinski definition) is 3. The number of halogens is 2. The Morgan fingerprint density at radius 3 is 2.68 bits per heavy atom. The average Bonchev–Trinajstić information content (AvgIpc) is 2.35. The van der Waals surface area contributed by atoms with E-state index in [2.05, 4.69) is 10.6 Å². The largest absolute Gasteiger partial charge is 0.340 e. The number of nitrogens with one attached hydrogen (secondary N) is 2. The van der Waals surface area contributed by atoms with Crippen molar-refractivity contribution in [1.82, 2.24) is 10.6 Å². The van der Waals surface area contributed by atoms with Gasteiger partial charge in [-0.3, -0.25) is 19.7 Å². The third kappa shape index (κ3) is 3.04. The molecule has 1 unspecified atom stereocenters. The van der Waals surface area contributed by atoms with Gasteiger partial charge in [0.15, 0.2) is 0 Å². The molecule has 1 aliphatic carbocycles. The van der Waals surface area contributed by atoms with E-state index in [0.717, 1.165) is 6.08 Å².